The monoisotopic (exact) mass is 275 g/mol. The summed E-state index contributed by atoms with van der Waals surface area (Å²) in [6.07, 6.45) is 0. The van der Waals surface area contributed by atoms with E-state index < -0.39 is 5.97 Å². The molecule has 1 unspecified atom stereocenters. The predicted octanol–water partition coefficient (Wildman–Crippen LogP) is 2.43. The fourth-order valence-corrected chi connectivity index (χ4v) is 1.92. The van der Waals surface area contributed by atoms with Crippen LogP contribution in [0.2, 0.25) is 0 Å². The minimum absolute atomic E-state index is 0.0847. The van der Waals surface area contributed by atoms with E-state index in [1.807, 2.05) is 24.8 Å². The van der Waals surface area contributed by atoms with Gasteiger partial charge in [0.15, 0.2) is 0 Å². The van der Waals surface area contributed by atoms with Crippen LogP contribution in [0.3, 0.4) is 0 Å². The number of esters is 1. The minimum atomic E-state index is -0.420. The molecule has 0 fully saturated rings. The molecular formula is C15H21N3O2. The highest BCUT2D eigenvalue weighted by Gasteiger charge is 2.15. The zero-order valence-corrected chi connectivity index (χ0v) is 12.2. The molecule has 5 heteroatoms. The normalized spacial score (nSPS) is 11.5. The number of rotatable bonds is 6. The molecule has 108 valence electrons. The van der Waals surface area contributed by atoms with Crippen molar-refractivity contribution in [3.63, 3.8) is 0 Å². The molecule has 0 aliphatic rings. The van der Waals surface area contributed by atoms with Crippen LogP contribution in [0.1, 0.15) is 31.1 Å². The average Bonchev–Trinajstić information content (AvgIpc) is 2.45. The van der Waals surface area contributed by atoms with Crippen molar-refractivity contribution in [3.8, 4) is 6.07 Å². The van der Waals surface area contributed by atoms with Gasteiger partial charge in [0.2, 0.25) is 0 Å². The van der Waals surface area contributed by atoms with Crippen molar-refractivity contribution in [2.75, 3.05) is 30.3 Å². The Hall–Kier alpha value is -2.22. The smallest absolute Gasteiger partial charge is 0.340 e. The van der Waals surface area contributed by atoms with Gasteiger partial charge in [-0.1, -0.05) is 0 Å². The topological polar surface area (TPSA) is 79.3 Å². The number of anilines is 2. The van der Waals surface area contributed by atoms with Gasteiger partial charge in [-0.3, -0.25) is 0 Å². The quantitative estimate of drug-likeness (QED) is 0.637. The number of nitrogens with two attached hydrogens (primary N) is 1. The van der Waals surface area contributed by atoms with E-state index in [4.69, 9.17) is 15.7 Å². The molecule has 5 nitrogen and oxygen atoms in total. The Labute approximate surface area is 119 Å². The molecule has 1 aromatic carbocycles. The molecule has 0 aromatic heterocycles. The second kappa shape index (κ2) is 7.39. The van der Waals surface area contributed by atoms with E-state index in [1.54, 1.807) is 19.1 Å². The third kappa shape index (κ3) is 3.89. The van der Waals surface area contributed by atoms with E-state index in [2.05, 4.69) is 6.07 Å². The van der Waals surface area contributed by atoms with Crippen LogP contribution in [-0.2, 0) is 4.74 Å². The molecular weight excluding hydrogens is 254 g/mol. The first kappa shape index (κ1) is 15.8. The van der Waals surface area contributed by atoms with Gasteiger partial charge < -0.3 is 15.4 Å². The first-order valence-electron chi connectivity index (χ1n) is 6.74. The van der Waals surface area contributed by atoms with Crippen molar-refractivity contribution in [1.82, 2.24) is 0 Å². The highest BCUT2D eigenvalue weighted by Crippen LogP contribution is 2.23. The Morgan fingerprint density at radius 3 is 2.75 bits per heavy atom. The number of nitriles is 1. The summed E-state index contributed by atoms with van der Waals surface area (Å²) >= 11 is 0. The van der Waals surface area contributed by atoms with Crippen LogP contribution < -0.4 is 10.6 Å². The maximum Gasteiger partial charge on any atom is 0.340 e. The first-order chi connectivity index (χ1) is 9.53. The molecule has 1 rings (SSSR count). The molecule has 0 spiro atoms. The van der Waals surface area contributed by atoms with Gasteiger partial charge in [0.25, 0.3) is 0 Å². The molecule has 0 heterocycles. The lowest BCUT2D eigenvalue weighted by atomic mass is 10.1. The number of ether oxygens (including phenoxy) is 1. The van der Waals surface area contributed by atoms with Crippen molar-refractivity contribution in [3.05, 3.63) is 23.8 Å². The Balaban J connectivity index is 3.03. The zero-order chi connectivity index (χ0) is 15.1. The van der Waals surface area contributed by atoms with Crippen molar-refractivity contribution in [2.24, 2.45) is 5.92 Å². The lowest BCUT2D eigenvalue weighted by Gasteiger charge is -2.25. The highest BCUT2D eigenvalue weighted by molar-refractivity contribution is 5.96. The molecule has 20 heavy (non-hydrogen) atoms. The summed E-state index contributed by atoms with van der Waals surface area (Å²) in [4.78, 5) is 13.9. The molecule has 0 aliphatic heterocycles. The third-order valence-electron chi connectivity index (χ3n) is 2.99. The van der Waals surface area contributed by atoms with Crippen molar-refractivity contribution < 1.29 is 9.53 Å². The van der Waals surface area contributed by atoms with E-state index in [-0.39, 0.29) is 5.92 Å². The predicted molar refractivity (Wildman–Crippen MR) is 79.5 cm³/mol. The fourth-order valence-electron chi connectivity index (χ4n) is 1.92. The molecule has 1 atom stereocenters. The lowest BCUT2D eigenvalue weighted by Crippen LogP contribution is -2.28. The largest absolute Gasteiger partial charge is 0.462 e. The van der Waals surface area contributed by atoms with Crippen molar-refractivity contribution in [2.45, 2.75) is 20.8 Å². The van der Waals surface area contributed by atoms with E-state index in [0.29, 0.717) is 24.4 Å². The van der Waals surface area contributed by atoms with Crippen LogP contribution >= 0.6 is 0 Å². The van der Waals surface area contributed by atoms with Gasteiger partial charge in [-0.25, -0.2) is 4.79 Å². The summed E-state index contributed by atoms with van der Waals surface area (Å²) in [7, 11) is 0. The summed E-state index contributed by atoms with van der Waals surface area (Å²) in [6.45, 7) is 7.30. The van der Waals surface area contributed by atoms with Gasteiger partial charge in [-0.05, 0) is 39.0 Å². The van der Waals surface area contributed by atoms with Crippen molar-refractivity contribution in [1.29, 1.82) is 5.26 Å². The molecule has 0 bridgehead atoms. The summed E-state index contributed by atoms with van der Waals surface area (Å²) in [5.41, 5.74) is 7.45. The first-order valence-corrected chi connectivity index (χ1v) is 6.74. The lowest BCUT2D eigenvalue weighted by molar-refractivity contribution is 0.0527. The van der Waals surface area contributed by atoms with E-state index in [1.165, 1.54) is 0 Å². The van der Waals surface area contributed by atoms with Gasteiger partial charge in [0.05, 0.1) is 24.2 Å². The fraction of sp³-hybridized carbons (Fsp3) is 0.467. The Morgan fingerprint density at radius 1 is 1.50 bits per heavy atom. The molecule has 2 N–H and O–H groups in total. The molecule has 0 saturated heterocycles. The zero-order valence-electron chi connectivity index (χ0n) is 12.2. The van der Waals surface area contributed by atoms with Gasteiger partial charge in [-0.2, -0.15) is 5.26 Å². The second-order valence-electron chi connectivity index (χ2n) is 4.56. The number of hydrogen-bond donors (Lipinski definition) is 1. The van der Waals surface area contributed by atoms with Gasteiger partial charge in [-0.15, -0.1) is 0 Å². The minimum Gasteiger partial charge on any atom is -0.462 e. The van der Waals surface area contributed by atoms with E-state index in [9.17, 15) is 4.79 Å². The number of hydrogen-bond acceptors (Lipinski definition) is 5. The Bertz CT molecular complexity index is 508. The number of benzene rings is 1. The van der Waals surface area contributed by atoms with Gasteiger partial charge >= 0.3 is 5.97 Å². The SMILES string of the molecule is CCOC(=O)c1cc(N(CC)CC(C)C#N)ccc1N. The standard InChI is InChI=1S/C15H21N3O2/c1-4-18(10-11(3)9-16)12-6-7-14(17)13(8-12)15(19)20-5-2/h6-8,11H,4-5,10,17H2,1-3H3. The van der Waals surface area contributed by atoms with E-state index in [0.717, 1.165) is 12.2 Å². The molecule has 0 aliphatic carbocycles. The van der Waals surface area contributed by atoms with Crippen LogP contribution in [0.25, 0.3) is 0 Å². The van der Waals surface area contributed by atoms with Crippen LogP contribution in [0.4, 0.5) is 11.4 Å². The van der Waals surface area contributed by atoms with Gasteiger partial charge in [0, 0.05) is 24.5 Å². The number of nitrogen functional groups attached to an aromatic ring is 1. The second-order valence-corrected chi connectivity index (χ2v) is 4.56. The molecule has 0 amide bonds. The summed E-state index contributed by atoms with van der Waals surface area (Å²) in [5, 5.41) is 8.91. The molecule has 1 aromatic rings. The highest BCUT2D eigenvalue weighted by atomic mass is 16.5. The van der Waals surface area contributed by atoms with Gasteiger partial charge in [0.1, 0.15) is 0 Å². The Morgan fingerprint density at radius 2 is 2.20 bits per heavy atom. The number of nitrogens with zero attached hydrogens (tertiary/aromatic N) is 2. The van der Waals surface area contributed by atoms with Crippen LogP contribution in [0.5, 0.6) is 0 Å². The van der Waals surface area contributed by atoms with Crippen LogP contribution in [0, 0.1) is 17.2 Å². The summed E-state index contributed by atoms with van der Waals surface area (Å²) in [5.74, 6) is -0.505. The summed E-state index contributed by atoms with van der Waals surface area (Å²) in [6, 6.07) is 7.48. The molecule has 0 radical (unpaired) electrons. The summed E-state index contributed by atoms with van der Waals surface area (Å²) < 4.78 is 4.99. The van der Waals surface area contributed by atoms with Crippen molar-refractivity contribution >= 4 is 17.3 Å². The van der Waals surface area contributed by atoms with E-state index >= 15 is 0 Å². The molecule has 0 saturated carbocycles. The number of carbonyl (C=O) groups is 1. The maximum absolute atomic E-state index is 11.8. The average molecular weight is 275 g/mol. The number of carbonyl (C=O) groups excluding carboxylic acids is 1. The maximum atomic E-state index is 11.8. The third-order valence-corrected chi connectivity index (χ3v) is 2.99. The van der Waals surface area contributed by atoms with Crippen LogP contribution in [0.15, 0.2) is 18.2 Å². The van der Waals surface area contributed by atoms with Crippen LogP contribution in [-0.4, -0.2) is 25.7 Å². The Kier molecular flexibility index (Phi) is 5.85.